The predicted molar refractivity (Wildman–Crippen MR) is 156 cm³/mol. The van der Waals surface area contributed by atoms with Gasteiger partial charge in [0.2, 0.25) is 0 Å². The Hall–Kier alpha value is -2.95. The average molecular weight is 553 g/mol. The van der Waals surface area contributed by atoms with Crippen molar-refractivity contribution in [1.82, 2.24) is 4.98 Å². The molecule has 1 aromatic heterocycles. The monoisotopic (exact) mass is 551 g/mol. The summed E-state index contributed by atoms with van der Waals surface area (Å²) < 4.78 is 0. The van der Waals surface area contributed by atoms with E-state index in [1.807, 2.05) is 56.3 Å². The molecule has 4 aromatic carbocycles. The molecule has 36 heavy (non-hydrogen) atoms. The molecule has 0 aliphatic rings. The van der Waals surface area contributed by atoms with Gasteiger partial charge in [-0.1, -0.05) is 82.8 Å². The minimum absolute atomic E-state index is 0.245. The minimum Gasteiger partial charge on any atom is -0.355 e. The summed E-state index contributed by atoms with van der Waals surface area (Å²) >= 11 is 25.6. The van der Waals surface area contributed by atoms with E-state index in [9.17, 15) is 0 Å². The lowest BCUT2D eigenvalue weighted by atomic mass is 9.98. The Morgan fingerprint density at radius 2 is 1.44 bits per heavy atom. The molecule has 0 fully saturated rings. The van der Waals surface area contributed by atoms with Gasteiger partial charge in [0.15, 0.2) is 0 Å². The maximum absolute atomic E-state index is 7.02. The Morgan fingerprint density at radius 3 is 2.22 bits per heavy atom. The molecule has 0 amide bonds. The second-order valence-electron chi connectivity index (χ2n) is 8.52. The first-order valence-electron chi connectivity index (χ1n) is 11.2. The van der Waals surface area contributed by atoms with Crippen LogP contribution in [-0.4, -0.2) is 4.98 Å². The van der Waals surface area contributed by atoms with Crippen molar-refractivity contribution in [3.8, 4) is 11.1 Å². The van der Waals surface area contributed by atoms with Gasteiger partial charge in [0.1, 0.15) is 5.15 Å². The zero-order chi connectivity index (χ0) is 25.4. The van der Waals surface area contributed by atoms with Gasteiger partial charge in [-0.3, -0.25) is 0 Å². The fourth-order valence-corrected chi connectivity index (χ4v) is 5.11. The molecule has 1 heterocycles. The van der Waals surface area contributed by atoms with E-state index < -0.39 is 0 Å². The molecule has 0 aliphatic carbocycles. The number of aryl methyl sites for hydroxylation is 1. The number of aromatic nitrogens is 1. The SMILES string of the molecule is Cc1cc(Cl)ccc1Nc1cc(Nc2cccc3ccccc23)c(C)c(-c2cnc(Cl)c(Cl)c2)c1Cl. The van der Waals surface area contributed by atoms with Crippen molar-refractivity contribution >= 4 is 79.9 Å². The number of nitrogens with one attached hydrogen (secondary N) is 2. The van der Waals surface area contributed by atoms with Crippen molar-refractivity contribution in [2.75, 3.05) is 10.6 Å². The lowest BCUT2D eigenvalue weighted by molar-refractivity contribution is 1.32. The van der Waals surface area contributed by atoms with Crippen LogP contribution in [0.4, 0.5) is 22.7 Å². The van der Waals surface area contributed by atoms with Crippen molar-refractivity contribution in [1.29, 1.82) is 0 Å². The first kappa shape index (κ1) is 24.7. The van der Waals surface area contributed by atoms with Crippen LogP contribution in [0.5, 0.6) is 0 Å². The maximum Gasteiger partial charge on any atom is 0.147 e. The van der Waals surface area contributed by atoms with Gasteiger partial charge in [-0.15, -0.1) is 0 Å². The molecule has 0 aliphatic heterocycles. The highest BCUT2D eigenvalue weighted by atomic mass is 35.5. The van der Waals surface area contributed by atoms with Crippen LogP contribution in [0.3, 0.4) is 0 Å². The molecule has 0 spiro atoms. The predicted octanol–water partition coefficient (Wildman–Crippen LogP) is 10.6. The lowest BCUT2D eigenvalue weighted by Gasteiger charge is -2.21. The first-order valence-corrected chi connectivity index (χ1v) is 12.8. The highest BCUT2D eigenvalue weighted by molar-refractivity contribution is 6.41. The summed E-state index contributed by atoms with van der Waals surface area (Å²) in [7, 11) is 0. The van der Waals surface area contributed by atoms with Gasteiger partial charge in [-0.05, 0) is 66.8 Å². The number of fused-ring (bicyclic) bond motifs is 1. The molecule has 0 bridgehead atoms. The van der Waals surface area contributed by atoms with E-state index >= 15 is 0 Å². The Morgan fingerprint density at radius 1 is 0.694 bits per heavy atom. The molecule has 5 rings (SSSR count). The summed E-state index contributed by atoms with van der Waals surface area (Å²) in [6.45, 7) is 4.02. The van der Waals surface area contributed by atoms with E-state index in [2.05, 4.69) is 39.9 Å². The minimum atomic E-state index is 0.245. The molecule has 5 aromatic rings. The van der Waals surface area contributed by atoms with Crippen molar-refractivity contribution < 1.29 is 0 Å². The second-order valence-corrected chi connectivity index (χ2v) is 10.1. The van der Waals surface area contributed by atoms with E-state index in [0.717, 1.165) is 55.8 Å². The van der Waals surface area contributed by atoms with Crippen molar-refractivity contribution in [2.24, 2.45) is 0 Å². The molecule has 2 N–H and O–H groups in total. The zero-order valence-electron chi connectivity index (χ0n) is 19.5. The van der Waals surface area contributed by atoms with Crippen LogP contribution < -0.4 is 10.6 Å². The van der Waals surface area contributed by atoms with Crippen molar-refractivity contribution in [2.45, 2.75) is 13.8 Å². The number of hydrogen-bond acceptors (Lipinski definition) is 3. The normalized spacial score (nSPS) is 11.1. The van der Waals surface area contributed by atoms with Crippen LogP contribution in [-0.2, 0) is 0 Å². The smallest absolute Gasteiger partial charge is 0.147 e. The molecule has 0 atom stereocenters. The topological polar surface area (TPSA) is 37.0 Å². The molecule has 0 saturated carbocycles. The van der Waals surface area contributed by atoms with Gasteiger partial charge in [0, 0.05) is 44.8 Å². The Bertz CT molecular complexity index is 1610. The number of pyridine rings is 1. The number of nitrogens with zero attached hydrogens (tertiary/aromatic N) is 1. The molecule has 180 valence electrons. The number of benzene rings is 4. The molecule has 0 saturated heterocycles. The largest absolute Gasteiger partial charge is 0.355 e. The van der Waals surface area contributed by atoms with Crippen LogP contribution >= 0.6 is 46.4 Å². The summed E-state index contributed by atoms with van der Waals surface area (Å²) in [5.41, 5.74) is 7.05. The highest BCUT2D eigenvalue weighted by Crippen LogP contribution is 2.44. The fraction of sp³-hybridized carbons (Fsp3) is 0.0690. The van der Waals surface area contributed by atoms with E-state index in [1.54, 1.807) is 12.3 Å². The van der Waals surface area contributed by atoms with Gasteiger partial charge >= 0.3 is 0 Å². The third kappa shape index (κ3) is 4.85. The zero-order valence-corrected chi connectivity index (χ0v) is 22.5. The standard InChI is InChI=1S/C29H21Cl4N3/c1-16-12-20(30)10-11-23(16)35-26-14-25(36-24-9-5-7-18-6-3-4-8-21(18)24)17(2)27(28(26)32)19-13-22(31)29(33)34-15-19/h3-15,35-36H,1-2H3. The summed E-state index contributed by atoms with van der Waals surface area (Å²) in [6.07, 6.45) is 1.68. The van der Waals surface area contributed by atoms with Gasteiger partial charge in [0.25, 0.3) is 0 Å². The van der Waals surface area contributed by atoms with E-state index in [-0.39, 0.29) is 5.15 Å². The molecule has 3 nitrogen and oxygen atoms in total. The van der Waals surface area contributed by atoms with Gasteiger partial charge in [0.05, 0.1) is 15.7 Å². The third-order valence-electron chi connectivity index (χ3n) is 6.13. The summed E-state index contributed by atoms with van der Waals surface area (Å²) in [5, 5.41) is 11.2. The van der Waals surface area contributed by atoms with E-state index in [0.29, 0.717) is 15.1 Å². The first-order chi connectivity index (χ1) is 17.3. The second kappa shape index (κ2) is 10.2. The maximum atomic E-state index is 7.02. The highest BCUT2D eigenvalue weighted by Gasteiger charge is 2.19. The lowest BCUT2D eigenvalue weighted by Crippen LogP contribution is -2.01. The van der Waals surface area contributed by atoms with Crippen molar-refractivity contribution in [3.63, 3.8) is 0 Å². The van der Waals surface area contributed by atoms with E-state index in [4.69, 9.17) is 46.4 Å². The summed E-state index contributed by atoms with van der Waals surface area (Å²) in [6, 6.07) is 23.9. The van der Waals surface area contributed by atoms with Crippen LogP contribution in [0.15, 0.2) is 79.0 Å². The number of anilines is 4. The number of rotatable bonds is 5. The summed E-state index contributed by atoms with van der Waals surface area (Å²) in [5.74, 6) is 0. The molecule has 7 heteroatoms. The molecule has 0 radical (unpaired) electrons. The molecular formula is C29H21Cl4N3. The van der Waals surface area contributed by atoms with Crippen LogP contribution in [0.1, 0.15) is 11.1 Å². The van der Waals surface area contributed by atoms with Gasteiger partial charge in [-0.2, -0.15) is 0 Å². The van der Waals surface area contributed by atoms with Gasteiger partial charge < -0.3 is 10.6 Å². The molecule has 0 unspecified atom stereocenters. The third-order valence-corrected chi connectivity index (χ3v) is 7.44. The molecular weight excluding hydrogens is 532 g/mol. The Kier molecular flexibility index (Phi) is 7.00. The van der Waals surface area contributed by atoms with Crippen LogP contribution in [0.2, 0.25) is 20.2 Å². The number of halogens is 4. The average Bonchev–Trinajstić information content (AvgIpc) is 2.86. The fourth-order valence-electron chi connectivity index (χ4n) is 4.26. The quantitative estimate of drug-likeness (QED) is 0.213. The van der Waals surface area contributed by atoms with Crippen molar-refractivity contribution in [3.05, 3.63) is 110 Å². The van der Waals surface area contributed by atoms with Crippen LogP contribution in [0.25, 0.3) is 21.9 Å². The van der Waals surface area contributed by atoms with Gasteiger partial charge in [-0.25, -0.2) is 4.98 Å². The van der Waals surface area contributed by atoms with E-state index in [1.165, 1.54) is 0 Å². The Balaban J connectivity index is 1.69. The summed E-state index contributed by atoms with van der Waals surface area (Å²) in [4.78, 5) is 4.25. The Labute approximate surface area is 230 Å². The van der Waals surface area contributed by atoms with Crippen LogP contribution in [0, 0.1) is 13.8 Å². The number of hydrogen-bond donors (Lipinski definition) is 2.